The molecule has 6 nitrogen and oxygen atoms in total. The zero-order valence-electron chi connectivity index (χ0n) is 14.1. The van der Waals surface area contributed by atoms with Gasteiger partial charge in [-0.25, -0.2) is 4.79 Å². The molecule has 0 atom stereocenters. The van der Waals surface area contributed by atoms with Crippen molar-refractivity contribution in [2.75, 3.05) is 12.4 Å². The van der Waals surface area contributed by atoms with E-state index >= 15 is 0 Å². The predicted molar refractivity (Wildman–Crippen MR) is 109 cm³/mol. The first-order chi connectivity index (χ1) is 12.8. The molecule has 8 heteroatoms. The number of carbonyl (C=O) groups is 3. The minimum absolute atomic E-state index is 0.0939. The Hall–Kier alpha value is -2.97. The van der Waals surface area contributed by atoms with Gasteiger partial charge in [0.15, 0.2) is 0 Å². The average Bonchev–Trinajstić information content (AvgIpc) is 2.89. The molecule has 3 rings (SSSR count). The Morgan fingerprint density at radius 2 is 1.85 bits per heavy atom. The average molecular weight is 398 g/mol. The molecule has 0 bridgehead atoms. The molecule has 0 spiro atoms. The van der Waals surface area contributed by atoms with E-state index in [4.69, 9.17) is 17.3 Å². The van der Waals surface area contributed by atoms with Gasteiger partial charge in [0, 0.05) is 18.3 Å². The van der Waals surface area contributed by atoms with Crippen LogP contribution >= 0.6 is 24.0 Å². The molecule has 2 aromatic rings. The molecule has 27 heavy (non-hydrogen) atoms. The summed E-state index contributed by atoms with van der Waals surface area (Å²) in [6.45, 7) is 0. The molecule has 0 radical (unpaired) electrons. The van der Waals surface area contributed by atoms with E-state index in [1.165, 1.54) is 28.8 Å². The molecule has 1 aliphatic heterocycles. The zero-order chi connectivity index (χ0) is 19.6. The minimum Gasteiger partial charge on any atom is -0.478 e. The first-order valence-corrected chi connectivity index (χ1v) is 9.04. The summed E-state index contributed by atoms with van der Waals surface area (Å²) in [7, 11) is 1.63. The number of carboxylic acids is 1. The lowest BCUT2D eigenvalue weighted by Crippen LogP contribution is -2.22. The van der Waals surface area contributed by atoms with Crippen LogP contribution < -0.4 is 5.32 Å². The van der Waals surface area contributed by atoms with E-state index in [1.54, 1.807) is 49.5 Å². The molecule has 1 aliphatic rings. The topological polar surface area (TPSA) is 86.7 Å². The second-order valence-electron chi connectivity index (χ2n) is 5.70. The van der Waals surface area contributed by atoms with Crippen molar-refractivity contribution < 1.29 is 19.5 Å². The number of aromatic carboxylic acids is 1. The van der Waals surface area contributed by atoms with Crippen molar-refractivity contribution in [2.45, 2.75) is 0 Å². The normalized spacial score (nSPS) is 15.3. The number of likely N-dealkylation sites (N-methyl/N-ethyl adjacent to an activating group) is 1. The molecule has 1 fully saturated rings. The summed E-state index contributed by atoms with van der Waals surface area (Å²) >= 11 is 6.33. The minimum atomic E-state index is -1.06. The van der Waals surface area contributed by atoms with Crippen molar-refractivity contribution in [1.82, 2.24) is 4.90 Å². The number of nitrogens with zero attached hydrogens (tertiary/aromatic N) is 1. The smallest absolute Gasteiger partial charge is 0.335 e. The number of rotatable bonds is 4. The van der Waals surface area contributed by atoms with Gasteiger partial charge in [0.05, 0.1) is 10.5 Å². The van der Waals surface area contributed by atoms with Gasteiger partial charge >= 0.3 is 5.97 Å². The van der Waals surface area contributed by atoms with Gasteiger partial charge in [-0.3, -0.25) is 14.5 Å². The third kappa shape index (κ3) is 4.24. The number of anilines is 1. The van der Waals surface area contributed by atoms with Crippen LogP contribution in [-0.4, -0.2) is 39.2 Å². The number of carboxylic acid groups (broad SMARTS) is 1. The van der Waals surface area contributed by atoms with Crippen LogP contribution in [0.1, 0.15) is 26.3 Å². The number of thiocarbonyl (C=S) groups is 1. The fraction of sp³-hybridized carbons (Fsp3) is 0.0526. The highest BCUT2D eigenvalue weighted by molar-refractivity contribution is 8.26. The molecule has 2 N–H and O–H groups in total. The molecule has 2 amide bonds. The van der Waals surface area contributed by atoms with Crippen LogP contribution in [-0.2, 0) is 4.79 Å². The molecule has 2 aromatic carbocycles. The number of thioether (sulfide) groups is 1. The second-order valence-corrected chi connectivity index (χ2v) is 7.38. The summed E-state index contributed by atoms with van der Waals surface area (Å²) in [6, 6.07) is 12.7. The number of hydrogen-bond donors (Lipinski definition) is 2. The van der Waals surface area contributed by atoms with Gasteiger partial charge in [0.2, 0.25) is 0 Å². The van der Waals surface area contributed by atoms with Crippen LogP contribution in [0.3, 0.4) is 0 Å². The van der Waals surface area contributed by atoms with Gasteiger partial charge in [-0.15, -0.1) is 0 Å². The summed E-state index contributed by atoms with van der Waals surface area (Å²) in [6.07, 6.45) is 1.72. The Labute approximate surface area is 164 Å². The van der Waals surface area contributed by atoms with Crippen LogP contribution in [0.2, 0.25) is 0 Å². The highest BCUT2D eigenvalue weighted by Crippen LogP contribution is 2.31. The van der Waals surface area contributed by atoms with E-state index in [0.29, 0.717) is 20.5 Å². The number of benzene rings is 2. The SMILES string of the molecule is CN1C(=O)C(=Cc2ccc(C(=O)Nc3cccc(C(=O)O)c3)cc2)SC1=S. The van der Waals surface area contributed by atoms with Crippen molar-refractivity contribution in [2.24, 2.45) is 0 Å². The predicted octanol–water partition coefficient (Wildman–Crippen LogP) is 3.47. The fourth-order valence-corrected chi connectivity index (χ4v) is 3.54. The van der Waals surface area contributed by atoms with Crippen LogP contribution in [0.15, 0.2) is 53.4 Å². The second kappa shape index (κ2) is 7.73. The summed E-state index contributed by atoms with van der Waals surface area (Å²) in [5.74, 6) is -1.57. The van der Waals surface area contributed by atoms with Crippen LogP contribution in [0, 0.1) is 0 Å². The standard InChI is InChI=1S/C19H14N2O4S2/c1-21-17(23)15(27-19(21)26)9-11-5-7-12(8-6-11)16(22)20-14-4-2-3-13(10-14)18(24)25/h2-10H,1H3,(H,20,22)(H,24,25). The largest absolute Gasteiger partial charge is 0.478 e. The van der Waals surface area contributed by atoms with Crippen molar-refractivity contribution >= 4 is 57.8 Å². The van der Waals surface area contributed by atoms with E-state index in [-0.39, 0.29) is 17.4 Å². The summed E-state index contributed by atoms with van der Waals surface area (Å²) in [4.78, 5) is 37.3. The molecule has 1 heterocycles. The lowest BCUT2D eigenvalue weighted by atomic mass is 10.1. The maximum absolute atomic E-state index is 12.3. The summed E-state index contributed by atoms with van der Waals surface area (Å²) in [5, 5.41) is 11.7. The Kier molecular flexibility index (Phi) is 5.38. The van der Waals surface area contributed by atoms with Gasteiger partial charge in [-0.05, 0) is 42.0 Å². The molecule has 0 aromatic heterocycles. The Morgan fingerprint density at radius 1 is 1.15 bits per heavy atom. The Balaban J connectivity index is 1.73. The molecular weight excluding hydrogens is 384 g/mol. The van der Waals surface area contributed by atoms with Gasteiger partial charge < -0.3 is 10.4 Å². The quantitative estimate of drug-likeness (QED) is 0.606. The first kappa shape index (κ1) is 18.8. The number of hydrogen-bond acceptors (Lipinski definition) is 5. The van der Waals surface area contributed by atoms with Gasteiger partial charge in [0.1, 0.15) is 4.32 Å². The Morgan fingerprint density at radius 3 is 2.44 bits per heavy atom. The van der Waals surface area contributed by atoms with Crippen molar-refractivity contribution in [3.63, 3.8) is 0 Å². The number of amides is 2. The highest BCUT2D eigenvalue weighted by atomic mass is 32.2. The van der Waals surface area contributed by atoms with Crippen LogP contribution in [0.4, 0.5) is 5.69 Å². The van der Waals surface area contributed by atoms with Gasteiger partial charge in [-0.2, -0.15) is 0 Å². The number of nitrogens with one attached hydrogen (secondary N) is 1. The molecular formula is C19H14N2O4S2. The summed E-state index contributed by atoms with van der Waals surface area (Å²) < 4.78 is 0.505. The van der Waals surface area contributed by atoms with Crippen molar-refractivity contribution in [3.05, 3.63) is 70.1 Å². The lowest BCUT2D eigenvalue weighted by Gasteiger charge is -2.06. The summed E-state index contributed by atoms with van der Waals surface area (Å²) in [5.41, 5.74) is 1.68. The third-order valence-electron chi connectivity index (χ3n) is 3.82. The molecule has 0 aliphatic carbocycles. The van der Waals surface area contributed by atoms with Crippen molar-refractivity contribution in [1.29, 1.82) is 0 Å². The monoisotopic (exact) mass is 398 g/mol. The molecule has 136 valence electrons. The van der Waals surface area contributed by atoms with E-state index in [2.05, 4.69) is 5.32 Å². The van der Waals surface area contributed by atoms with Crippen LogP contribution in [0.25, 0.3) is 6.08 Å². The molecule has 0 unspecified atom stereocenters. The maximum Gasteiger partial charge on any atom is 0.335 e. The Bertz CT molecular complexity index is 983. The van der Waals surface area contributed by atoms with E-state index in [1.807, 2.05) is 0 Å². The van der Waals surface area contributed by atoms with Crippen LogP contribution in [0.5, 0.6) is 0 Å². The number of carbonyl (C=O) groups excluding carboxylic acids is 2. The van der Waals surface area contributed by atoms with Gasteiger partial charge in [0.25, 0.3) is 11.8 Å². The maximum atomic E-state index is 12.3. The third-order valence-corrected chi connectivity index (χ3v) is 5.31. The van der Waals surface area contributed by atoms with E-state index in [9.17, 15) is 14.4 Å². The lowest BCUT2D eigenvalue weighted by molar-refractivity contribution is -0.121. The fourth-order valence-electron chi connectivity index (χ4n) is 2.36. The molecule has 1 saturated heterocycles. The van der Waals surface area contributed by atoms with E-state index in [0.717, 1.165) is 5.56 Å². The first-order valence-electron chi connectivity index (χ1n) is 7.81. The molecule has 0 saturated carbocycles. The highest BCUT2D eigenvalue weighted by Gasteiger charge is 2.28. The van der Waals surface area contributed by atoms with Gasteiger partial charge in [-0.1, -0.05) is 42.2 Å². The zero-order valence-corrected chi connectivity index (χ0v) is 15.8. The van der Waals surface area contributed by atoms with Crippen molar-refractivity contribution in [3.8, 4) is 0 Å². The van der Waals surface area contributed by atoms with E-state index < -0.39 is 5.97 Å².